The van der Waals surface area contributed by atoms with Crippen molar-refractivity contribution in [2.24, 2.45) is 11.1 Å². The van der Waals surface area contributed by atoms with E-state index in [1.165, 1.54) is 14.2 Å². The lowest BCUT2D eigenvalue weighted by Gasteiger charge is -2.25. The van der Waals surface area contributed by atoms with Crippen molar-refractivity contribution in [3.05, 3.63) is 70.8 Å². The lowest BCUT2D eigenvalue weighted by molar-refractivity contribution is -0.136. The number of nitroso groups, excluding NO2 is 1. The molecule has 3 rings (SSSR count). The van der Waals surface area contributed by atoms with E-state index in [1.54, 1.807) is 24.3 Å². The molecule has 180 valence electrons. The molecule has 2 unspecified atom stereocenters. The Hall–Kier alpha value is -3.76. The fourth-order valence-electron chi connectivity index (χ4n) is 3.72. The fraction of sp³-hybridized carbons (Fsp3) is 0.333. The topological polar surface area (TPSA) is 150 Å². The van der Waals surface area contributed by atoms with Crippen molar-refractivity contribution >= 4 is 22.8 Å². The third-order valence-corrected chi connectivity index (χ3v) is 5.52. The zero-order valence-electron chi connectivity index (χ0n) is 18.8. The Balaban J connectivity index is 1.87. The maximum Gasteiger partial charge on any atom is 0.242 e. The van der Waals surface area contributed by atoms with Crippen molar-refractivity contribution in [1.29, 1.82) is 0 Å². The molecular formula is C24H27N3O7. The zero-order valence-corrected chi connectivity index (χ0v) is 18.8. The van der Waals surface area contributed by atoms with E-state index >= 15 is 0 Å². The number of carbonyl (C=O) groups is 2. The van der Waals surface area contributed by atoms with E-state index in [0.717, 1.165) is 5.56 Å². The number of aliphatic hydroxyl groups excluding tert-OH is 2. The number of hydrogen-bond donors (Lipinski definition) is 4. The Morgan fingerprint density at radius 3 is 2.44 bits per heavy atom. The van der Waals surface area contributed by atoms with E-state index in [4.69, 9.17) is 9.15 Å². The first-order valence-electron chi connectivity index (χ1n) is 10.7. The van der Waals surface area contributed by atoms with Crippen LogP contribution in [0.2, 0.25) is 0 Å². The first-order chi connectivity index (χ1) is 16.4. The lowest BCUT2D eigenvalue weighted by atomic mass is 9.94. The summed E-state index contributed by atoms with van der Waals surface area (Å²) in [5, 5.41) is 28.6. The molecule has 0 saturated heterocycles. The number of ether oxygens (including phenoxy) is 1. The Kier molecular flexibility index (Phi) is 8.34. The number of nitrogens with one attached hydrogen (secondary N) is 2. The molecule has 0 aliphatic heterocycles. The van der Waals surface area contributed by atoms with Crippen molar-refractivity contribution in [1.82, 2.24) is 10.6 Å². The first kappa shape index (κ1) is 24.9. The summed E-state index contributed by atoms with van der Waals surface area (Å²) in [4.78, 5) is 36.5. The number of rotatable bonds is 11. The van der Waals surface area contributed by atoms with Crippen LogP contribution < -0.4 is 15.4 Å². The number of para-hydroxylation sites is 1. The Morgan fingerprint density at radius 1 is 1.06 bits per heavy atom. The molecule has 4 atom stereocenters. The van der Waals surface area contributed by atoms with E-state index < -0.39 is 36.1 Å². The number of carbonyl (C=O) groups excluding carboxylic acids is 2. The number of amides is 2. The summed E-state index contributed by atoms with van der Waals surface area (Å²) in [6.45, 7) is 0. The van der Waals surface area contributed by atoms with Gasteiger partial charge in [-0.2, -0.15) is 0 Å². The number of benzene rings is 2. The van der Waals surface area contributed by atoms with Crippen molar-refractivity contribution in [2.45, 2.75) is 31.2 Å². The van der Waals surface area contributed by atoms with Crippen molar-refractivity contribution in [3.8, 4) is 5.75 Å². The molecule has 3 aromatic rings. The molecule has 0 saturated carbocycles. The molecule has 10 heteroatoms. The van der Waals surface area contributed by atoms with Gasteiger partial charge in [0.15, 0.2) is 11.3 Å². The van der Waals surface area contributed by atoms with Crippen LogP contribution in [0.25, 0.3) is 11.0 Å². The van der Waals surface area contributed by atoms with Gasteiger partial charge in [0.05, 0.1) is 13.0 Å². The summed E-state index contributed by atoms with van der Waals surface area (Å²) in [5.41, 5.74) is 1.27. The van der Waals surface area contributed by atoms with Crippen molar-refractivity contribution in [3.63, 3.8) is 0 Å². The van der Waals surface area contributed by atoms with Gasteiger partial charge in [-0.1, -0.05) is 42.5 Å². The maximum absolute atomic E-state index is 13.2. The van der Waals surface area contributed by atoms with E-state index in [2.05, 4.69) is 15.8 Å². The highest BCUT2D eigenvalue weighted by Crippen LogP contribution is 2.30. The van der Waals surface area contributed by atoms with Gasteiger partial charge >= 0.3 is 0 Å². The third-order valence-electron chi connectivity index (χ3n) is 5.52. The predicted molar refractivity (Wildman–Crippen MR) is 124 cm³/mol. The molecule has 0 fully saturated rings. The van der Waals surface area contributed by atoms with Crippen LogP contribution in [0, 0.1) is 10.8 Å². The van der Waals surface area contributed by atoms with E-state index in [0.29, 0.717) is 22.5 Å². The smallest absolute Gasteiger partial charge is 0.242 e. The minimum atomic E-state index is -2.04. The van der Waals surface area contributed by atoms with Crippen LogP contribution in [0.15, 0.2) is 64.2 Å². The molecule has 0 aliphatic carbocycles. The van der Waals surface area contributed by atoms with Gasteiger partial charge in [0.25, 0.3) is 0 Å². The number of furan rings is 1. The van der Waals surface area contributed by atoms with E-state index in [1.807, 2.05) is 30.3 Å². The van der Waals surface area contributed by atoms with Crippen molar-refractivity contribution in [2.75, 3.05) is 14.2 Å². The highest BCUT2D eigenvalue weighted by Gasteiger charge is 2.36. The molecule has 1 heterocycles. The number of fused-ring (bicyclic) bond motifs is 1. The minimum Gasteiger partial charge on any atom is -0.493 e. The van der Waals surface area contributed by atoms with Gasteiger partial charge in [-0.05, 0) is 22.9 Å². The van der Waals surface area contributed by atoms with Crippen LogP contribution in [0.1, 0.15) is 11.3 Å². The second-order valence-corrected chi connectivity index (χ2v) is 7.78. The lowest BCUT2D eigenvalue weighted by Crippen LogP contribution is -2.52. The molecule has 2 amide bonds. The molecule has 0 spiro atoms. The van der Waals surface area contributed by atoms with Gasteiger partial charge in [0.2, 0.25) is 18.0 Å². The number of likely N-dealkylation sites (N-methyl/N-ethyl adjacent to an activating group) is 1. The second-order valence-electron chi connectivity index (χ2n) is 7.78. The van der Waals surface area contributed by atoms with Gasteiger partial charge in [-0.3, -0.25) is 9.59 Å². The maximum atomic E-state index is 13.2. The summed E-state index contributed by atoms with van der Waals surface area (Å²) in [7, 11) is 2.94. The zero-order chi connectivity index (χ0) is 24.7. The molecule has 0 aliphatic rings. The van der Waals surface area contributed by atoms with Crippen LogP contribution >= 0.6 is 0 Å². The summed E-state index contributed by atoms with van der Waals surface area (Å²) in [5.74, 6) is -1.71. The van der Waals surface area contributed by atoms with E-state index in [-0.39, 0.29) is 12.8 Å². The van der Waals surface area contributed by atoms with Gasteiger partial charge in [-0.25, -0.2) is 0 Å². The Bertz CT molecular complexity index is 1130. The summed E-state index contributed by atoms with van der Waals surface area (Å²) in [6, 6.07) is 15.1. The quantitative estimate of drug-likeness (QED) is 0.311. The number of aliphatic hydroxyl groups is 2. The Morgan fingerprint density at radius 2 is 1.79 bits per heavy atom. The normalized spacial score (nSPS) is 14.6. The predicted octanol–water partition coefficient (Wildman–Crippen LogP) is 1.52. The molecule has 2 aromatic carbocycles. The molecule has 0 bridgehead atoms. The first-order valence-corrected chi connectivity index (χ1v) is 10.7. The van der Waals surface area contributed by atoms with Crippen LogP contribution in [0.5, 0.6) is 5.75 Å². The summed E-state index contributed by atoms with van der Waals surface area (Å²) >= 11 is 0. The van der Waals surface area contributed by atoms with Gasteiger partial charge in [0, 0.05) is 25.3 Å². The largest absolute Gasteiger partial charge is 0.493 e. The standard InChI is InChI=1S/C24H27N3O7/c1-25-23(30)18(11-14-7-4-3-5-8-14)26-22(29)17(20(28)24(31)27-32)13-16-12-15-9-6-10-19(33-2)21(15)34-16/h3-10,12,17-18,20,24,28,31H,11,13H2,1-2H3,(H,25,30)(H,26,29)/t17-,18+,20?,24?/m1/s1. The minimum absolute atomic E-state index is 0.163. The second kappa shape index (κ2) is 11.4. The molecule has 0 radical (unpaired) electrons. The van der Waals surface area contributed by atoms with Crippen molar-refractivity contribution < 1.29 is 29.0 Å². The average Bonchev–Trinajstić information content (AvgIpc) is 3.28. The molecule has 1 aromatic heterocycles. The van der Waals surface area contributed by atoms with Gasteiger partial charge < -0.3 is 30.0 Å². The molecular weight excluding hydrogens is 442 g/mol. The van der Waals surface area contributed by atoms with Gasteiger partial charge in [-0.15, -0.1) is 4.91 Å². The average molecular weight is 469 g/mol. The summed E-state index contributed by atoms with van der Waals surface area (Å²) < 4.78 is 11.1. The number of nitrogens with zero attached hydrogens (tertiary/aromatic N) is 1. The van der Waals surface area contributed by atoms with Gasteiger partial charge in [0.1, 0.15) is 17.9 Å². The monoisotopic (exact) mass is 469 g/mol. The third kappa shape index (κ3) is 5.77. The Labute approximate surface area is 195 Å². The SMILES string of the molecule is CNC(=O)[C@H](Cc1ccccc1)NC(=O)[C@H](Cc1cc2cccc(OC)c2o1)C(O)C(O)N=O. The number of hydrogen-bond acceptors (Lipinski definition) is 8. The molecule has 4 N–H and O–H groups in total. The highest BCUT2D eigenvalue weighted by atomic mass is 16.5. The number of methoxy groups -OCH3 is 1. The molecule has 34 heavy (non-hydrogen) atoms. The summed E-state index contributed by atoms with van der Waals surface area (Å²) in [6.07, 6.45) is -3.83. The van der Waals surface area contributed by atoms with Crippen LogP contribution in [-0.4, -0.2) is 54.6 Å². The van der Waals surface area contributed by atoms with Crippen LogP contribution in [0.3, 0.4) is 0 Å². The fourth-order valence-corrected chi connectivity index (χ4v) is 3.72. The highest BCUT2D eigenvalue weighted by molar-refractivity contribution is 5.89. The van der Waals surface area contributed by atoms with Crippen LogP contribution in [0.4, 0.5) is 0 Å². The van der Waals surface area contributed by atoms with E-state index in [9.17, 15) is 24.7 Å². The van der Waals surface area contributed by atoms with Crippen LogP contribution in [-0.2, 0) is 22.4 Å². The molecule has 10 nitrogen and oxygen atoms in total.